The van der Waals surface area contributed by atoms with Crippen LogP contribution in [-0.2, 0) is 6.42 Å². The summed E-state index contributed by atoms with van der Waals surface area (Å²) in [6.45, 7) is 10.3. The molecule has 0 N–H and O–H groups in total. The van der Waals surface area contributed by atoms with Gasteiger partial charge in [-0.2, -0.15) is 0 Å². The van der Waals surface area contributed by atoms with Crippen molar-refractivity contribution in [1.29, 1.82) is 0 Å². The van der Waals surface area contributed by atoms with E-state index in [1.165, 1.54) is 11.1 Å². The Hall–Kier alpha value is -0.750. The lowest BCUT2D eigenvalue weighted by Gasteiger charge is -2.10. The summed E-state index contributed by atoms with van der Waals surface area (Å²) in [5, 5.41) is 0.845. The first-order valence-corrected chi connectivity index (χ1v) is 5.31. The van der Waals surface area contributed by atoms with Gasteiger partial charge < -0.3 is 0 Å². The summed E-state index contributed by atoms with van der Waals surface area (Å²) >= 11 is 6.10. The highest BCUT2D eigenvalue weighted by Gasteiger charge is 2.04. The number of halogens is 1. The van der Waals surface area contributed by atoms with Crippen LogP contribution >= 0.6 is 11.6 Å². The van der Waals surface area contributed by atoms with Gasteiger partial charge in [-0.3, -0.25) is 0 Å². The monoisotopic (exact) mass is 208 g/mol. The smallest absolute Gasteiger partial charge is 0.0441 e. The number of hydrogen-bond acceptors (Lipinski definition) is 0. The quantitative estimate of drug-likeness (QED) is 0.638. The molecule has 0 heterocycles. The summed E-state index contributed by atoms with van der Waals surface area (Å²) in [7, 11) is 0. The van der Waals surface area contributed by atoms with Crippen molar-refractivity contribution in [3.63, 3.8) is 0 Å². The molecule has 0 aromatic heterocycles. The number of allylic oxidation sites excluding steroid dienone is 1. The maximum Gasteiger partial charge on any atom is 0.0441 e. The van der Waals surface area contributed by atoms with E-state index in [0.717, 1.165) is 17.0 Å². The van der Waals surface area contributed by atoms with Gasteiger partial charge in [0.15, 0.2) is 0 Å². The predicted molar refractivity (Wildman–Crippen MR) is 64.1 cm³/mol. The van der Waals surface area contributed by atoms with Gasteiger partial charge in [0.25, 0.3) is 0 Å². The third-order valence-electron chi connectivity index (χ3n) is 2.23. The summed E-state index contributed by atoms with van der Waals surface area (Å²) in [6, 6.07) is 6.26. The zero-order valence-corrected chi connectivity index (χ0v) is 9.86. The molecule has 0 saturated heterocycles. The molecule has 0 aliphatic rings. The van der Waals surface area contributed by atoms with Crippen molar-refractivity contribution in [3.05, 3.63) is 46.5 Å². The molecule has 0 unspecified atom stereocenters. The van der Waals surface area contributed by atoms with E-state index >= 15 is 0 Å². The fourth-order valence-corrected chi connectivity index (χ4v) is 1.60. The lowest BCUT2D eigenvalue weighted by atomic mass is 9.98. The van der Waals surface area contributed by atoms with Crippen molar-refractivity contribution in [1.82, 2.24) is 0 Å². The maximum atomic E-state index is 6.10. The van der Waals surface area contributed by atoms with Gasteiger partial charge in [0, 0.05) is 5.02 Å². The van der Waals surface area contributed by atoms with Crippen LogP contribution in [0.3, 0.4) is 0 Å². The molecule has 0 fully saturated rings. The Morgan fingerprint density at radius 2 is 2.07 bits per heavy atom. The molecule has 1 aromatic rings. The highest BCUT2D eigenvalue weighted by molar-refractivity contribution is 6.31. The van der Waals surface area contributed by atoms with Gasteiger partial charge in [0.05, 0.1) is 0 Å². The molecule has 0 aliphatic carbocycles. The van der Waals surface area contributed by atoms with Crippen LogP contribution in [-0.4, -0.2) is 0 Å². The first-order chi connectivity index (χ1) is 6.50. The summed E-state index contributed by atoms with van der Waals surface area (Å²) < 4.78 is 0. The summed E-state index contributed by atoms with van der Waals surface area (Å²) in [5.74, 6) is 0.552. The summed E-state index contributed by atoms with van der Waals surface area (Å²) in [5.41, 5.74) is 3.67. The highest BCUT2D eigenvalue weighted by atomic mass is 35.5. The first kappa shape index (κ1) is 11.3. The van der Waals surface area contributed by atoms with Crippen LogP contribution in [0.4, 0.5) is 0 Å². The van der Waals surface area contributed by atoms with Gasteiger partial charge in [-0.05, 0) is 36.5 Å². The number of hydrogen-bond donors (Lipinski definition) is 0. The molecule has 14 heavy (non-hydrogen) atoms. The van der Waals surface area contributed by atoms with Crippen LogP contribution < -0.4 is 0 Å². The molecule has 0 nitrogen and oxygen atoms in total. The van der Waals surface area contributed by atoms with Crippen LogP contribution in [0.5, 0.6) is 0 Å². The molecule has 0 spiro atoms. The minimum Gasteiger partial charge on any atom is -0.0998 e. The molecule has 0 saturated carbocycles. The molecule has 1 rings (SSSR count). The zero-order valence-electron chi connectivity index (χ0n) is 9.10. The van der Waals surface area contributed by atoms with E-state index in [-0.39, 0.29) is 0 Å². The van der Waals surface area contributed by atoms with E-state index in [2.05, 4.69) is 32.6 Å². The van der Waals surface area contributed by atoms with Gasteiger partial charge in [-0.15, -0.1) is 0 Å². The average molecular weight is 209 g/mol. The average Bonchev–Trinajstić information content (AvgIpc) is 2.07. The maximum absolute atomic E-state index is 6.10. The van der Waals surface area contributed by atoms with Gasteiger partial charge >= 0.3 is 0 Å². The van der Waals surface area contributed by atoms with E-state index in [1.54, 1.807) is 0 Å². The van der Waals surface area contributed by atoms with Crippen molar-refractivity contribution in [2.75, 3.05) is 0 Å². The first-order valence-electron chi connectivity index (χ1n) is 4.93. The van der Waals surface area contributed by atoms with Gasteiger partial charge in [-0.1, -0.05) is 49.7 Å². The normalized spacial score (nSPS) is 10.6. The molecule has 0 atom stereocenters. The van der Waals surface area contributed by atoms with E-state index in [0.29, 0.717) is 5.92 Å². The minimum atomic E-state index is 0.552. The van der Waals surface area contributed by atoms with Gasteiger partial charge in [-0.25, -0.2) is 0 Å². The number of benzene rings is 1. The van der Waals surface area contributed by atoms with Crippen molar-refractivity contribution in [3.8, 4) is 0 Å². The van der Waals surface area contributed by atoms with Crippen molar-refractivity contribution in [2.45, 2.75) is 33.1 Å². The highest BCUT2D eigenvalue weighted by Crippen LogP contribution is 2.24. The Bertz CT molecular complexity index is 337. The molecule has 0 amide bonds. The molecule has 1 aromatic carbocycles. The van der Waals surface area contributed by atoms with Crippen molar-refractivity contribution < 1.29 is 0 Å². The third kappa shape index (κ3) is 2.88. The van der Waals surface area contributed by atoms with Crippen LogP contribution in [0, 0.1) is 0 Å². The Morgan fingerprint density at radius 3 is 2.57 bits per heavy atom. The van der Waals surface area contributed by atoms with Crippen LogP contribution in [0.25, 0.3) is 0 Å². The molecule has 0 aliphatic heterocycles. The van der Waals surface area contributed by atoms with E-state index in [4.69, 9.17) is 11.6 Å². The van der Waals surface area contributed by atoms with E-state index in [9.17, 15) is 0 Å². The molecule has 76 valence electrons. The molecular weight excluding hydrogens is 192 g/mol. The second kappa shape index (κ2) is 4.65. The Kier molecular flexibility index (Phi) is 3.77. The molecule has 0 bridgehead atoms. The molecular formula is C13H17Cl. The van der Waals surface area contributed by atoms with Crippen LogP contribution in [0.15, 0.2) is 30.4 Å². The predicted octanol–water partition coefficient (Wildman–Crippen LogP) is 4.58. The summed E-state index contributed by atoms with van der Waals surface area (Å²) in [4.78, 5) is 0. The van der Waals surface area contributed by atoms with Gasteiger partial charge in [0.2, 0.25) is 0 Å². The second-order valence-corrected chi connectivity index (χ2v) is 4.55. The SMILES string of the molecule is C=C(C)Cc1cc(C(C)C)ccc1Cl. The largest absolute Gasteiger partial charge is 0.0998 e. The minimum absolute atomic E-state index is 0.552. The Morgan fingerprint density at radius 1 is 1.43 bits per heavy atom. The van der Waals surface area contributed by atoms with E-state index < -0.39 is 0 Å². The number of rotatable bonds is 3. The lowest BCUT2D eigenvalue weighted by molar-refractivity contribution is 0.863. The third-order valence-corrected chi connectivity index (χ3v) is 2.60. The van der Waals surface area contributed by atoms with Crippen molar-refractivity contribution >= 4 is 11.6 Å². The van der Waals surface area contributed by atoms with Crippen LogP contribution in [0.2, 0.25) is 5.02 Å². The molecule has 0 radical (unpaired) electrons. The Balaban J connectivity index is 3.02. The Labute approximate surface area is 91.6 Å². The second-order valence-electron chi connectivity index (χ2n) is 4.14. The lowest BCUT2D eigenvalue weighted by Crippen LogP contribution is -1.92. The summed E-state index contributed by atoms with van der Waals surface area (Å²) in [6.07, 6.45) is 0.874. The van der Waals surface area contributed by atoms with E-state index in [1.807, 2.05) is 13.0 Å². The zero-order chi connectivity index (χ0) is 10.7. The standard InChI is InChI=1S/C13H17Cl/c1-9(2)7-12-8-11(10(3)4)5-6-13(12)14/h5-6,8,10H,1,7H2,2-4H3. The van der Waals surface area contributed by atoms with Crippen LogP contribution in [0.1, 0.15) is 37.8 Å². The van der Waals surface area contributed by atoms with Crippen molar-refractivity contribution in [2.24, 2.45) is 0 Å². The topological polar surface area (TPSA) is 0 Å². The molecule has 1 heteroatoms. The van der Waals surface area contributed by atoms with Gasteiger partial charge in [0.1, 0.15) is 0 Å². The fourth-order valence-electron chi connectivity index (χ4n) is 1.41. The fraction of sp³-hybridized carbons (Fsp3) is 0.385.